The summed E-state index contributed by atoms with van der Waals surface area (Å²) in [5.41, 5.74) is 1.84. The molecule has 1 amide bonds. The van der Waals surface area contributed by atoms with Crippen molar-refractivity contribution in [2.24, 2.45) is 5.92 Å². The third-order valence-electron chi connectivity index (χ3n) is 5.66. The lowest BCUT2D eigenvalue weighted by atomic mass is 9.99. The zero-order valence-corrected chi connectivity index (χ0v) is 20.7. The summed E-state index contributed by atoms with van der Waals surface area (Å²) < 4.78 is 11.7. The molecule has 0 aliphatic heterocycles. The number of hydrogen-bond donors (Lipinski definition) is 1. The first-order valence-electron chi connectivity index (χ1n) is 12.0. The summed E-state index contributed by atoms with van der Waals surface area (Å²) in [4.78, 5) is 42.7. The fraction of sp³-hybridized carbons (Fsp3) is 0.250. The highest BCUT2D eigenvalue weighted by atomic mass is 16.5. The van der Waals surface area contributed by atoms with E-state index in [1.165, 1.54) is 0 Å². The second-order valence-electron chi connectivity index (χ2n) is 8.99. The van der Waals surface area contributed by atoms with Crippen LogP contribution in [0.2, 0.25) is 0 Å². The Hall–Kier alpha value is -4.53. The largest absolute Gasteiger partial charge is 0.489 e. The minimum absolute atomic E-state index is 0.123. The molecule has 1 N–H and O–H groups in total. The Bertz CT molecular complexity index is 1380. The molecular weight excluding hydrogens is 472 g/mol. The number of carbonyl (C=O) groups excluding carboxylic acids is 2. The second-order valence-corrected chi connectivity index (χ2v) is 8.99. The van der Waals surface area contributed by atoms with Crippen molar-refractivity contribution in [1.82, 2.24) is 20.0 Å². The van der Waals surface area contributed by atoms with E-state index in [1.807, 2.05) is 44.2 Å². The molecular formula is C28H28N4O5. The monoisotopic (exact) mass is 500 g/mol. The van der Waals surface area contributed by atoms with Crippen molar-refractivity contribution in [2.75, 3.05) is 0 Å². The first-order chi connectivity index (χ1) is 17.9. The number of amides is 1. The first-order valence-corrected chi connectivity index (χ1v) is 12.0. The fourth-order valence-electron chi connectivity index (χ4n) is 3.78. The molecule has 4 aromatic rings. The molecule has 2 aromatic heterocycles. The third-order valence-corrected chi connectivity index (χ3v) is 5.66. The molecule has 0 unspecified atom stereocenters. The SMILES string of the molecule is CC(C)C[C@H](NC(=O)c1ccc(OCc2ccccc2)cc1)C(=O)Cn1c(-c2ccccn2)noc1=O. The van der Waals surface area contributed by atoms with Crippen LogP contribution in [-0.4, -0.2) is 32.4 Å². The van der Waals surface area contributed by atoms with E-state index in [0.29, 0.717) is 30.0 Å². The van der Waals surface area contributed by atoms with Gasteiger partial charge in [0.2, 0.25) is 5.82 Å². The van der Waals surface area contributed by atoms with Crippen LogP contribution in [0.15, 0.2) is 88.3 Å². The molecule has 4 rings (SSSR count). The molecule has 0 spiro atoms. The first kappa shape index (κ1) is 25.6. The van der Waals surface area contributed by atoms with Crippen molar-refractivity contribution in [2.45, 2.75) is 39.5 Å². The predicted octanol–water partition coefficient (Wildman–Crippen LogP) is 3.89. The van der Waals surface area contributed by atoms with Crippen molar-refractivity contribution in [3.63, 3.8) is 0 Å². The smallest absolute Gasteiger partial charge is 0.442 e. The lowest BCUT2D eigenvalue weighted by Gasteiger charge is -2.20. The number of hydrogen-bond acceptors (Lipinski definition) is 7. The van der Waals surface area contributed by atoms with E-state index < -0.39 is 17.7 Å². The third kappa shape index (κ3) is 6.78. The van der Waals surface area contributed by atoms with E-state index in [0.717, 1.165) is 10.1 Å². The van der Waals surface area contributed by atoms with Gasteiger partial charge in [-0.25, -0.2) is 9.36 Å². The number of nitrogens with zero attached hydrogens (tertiary/aromatic N) is 3. The van der Waals surface area contributed by atoms with Gasteiger partial charge in [0.05, 0.1) is 12.6 Å². The summed E-state index contributed by atoms with van der Waals surface area (Å²) in [5, 5.41) is 6.59. The van der Waals surface area contributed by atoms with Gasteiger partial charge in [-0.15, -0.1) is 0 Å². The molecule has 0 saturated heterocycles. The lowest BCUT2D eigenvalue weighted by molar-refractivity contribution is -0.121. The molecule has 0 aliphatic carbocycles. The lowest BCUT2D eigenvalue weighted by Crippen LogP contribution is -2.44. The number of Topliss-reactive ketones (excluding diaryl/α,β-unsaturated/α-hetero) is 1. The van der Waals surface area contributed by atoms with Crippen LogP contribution in [0.4, 0.5) is 0 Å². The van der Waals surface area contributed by atoms with Crippen LogP contribution >= 0.6 is 0 Å². The normalized spacial score (nSPS) is 11.8. The van der Waals surface area contributed by atoms with Gasteiger partial charge in [-0.1, -0.05) is 55.4 Å². The minimum Gasteiger partial charge on any atom is -0.489 e. The van der Waals surface area contributed by atoms with Crippen LogP contribution in [0.3, 0.4) is 0 Å². The molecule has 0 aliphatic rings. The fourth-order valence-corrected chi connectivity index (χ4v) is 3.78. The van der Waals surface area contributed by atoms with E-state index in [1.54, 1.807) is 48.7 Å². The molecule has 0 radical (unpaired) electrons. The van der Waals surface area contributed by atoms with Crippen molar-refractivity contribution < 1.29 is 18.8 Å². The van der Waals surface area contributed by atoms with Crippen molar-refractivity contribution >= 4 is 11.7 Å². The molecule has 0 bridgehead atoms. The molecule has 0 fully saturated rings. The maximum atomic E-state index is 13.2. The minimum atomic E-state index is -0.806. The van der Waals surface area contributed by atoms with Crippen LogP contribution in [0.5, 0.6) is 5.75 Å². The molecule has 190 valence electrons. The van der Waals surface area contributed by atoms with Crippen LogP contribution in [0, 0.1) is 5.92 Å². The maximum Gasteiger partial charge on any atom is 0.442 e. The average molecular weight is 501 g/mol. The quantitative estimate of drug-likeness (QED) is 0.332. The van der Waals surface area contributed by atoms with Gasteiger partial charge in [-0.2, -0.15) is 0 Å². The molecule has 9 nitrogen and oxygen atoms in total. The number of ether oxygens (including phenoxy) is 1. The number of carbonyl (C=O) groups is 2. The number of benzene rings is 2. The number of ketones is 1. The van der Waals surface area contributed by atoms with Crippen LogP contribution in [0.25, 0.3) is 11.5 Å². The van der Waals surface area contributed by atoms with Gasteiger partial charge in [0, 0.05) is 11.8 Å². The summed E-state index contributed by atoms with van der Waals surface area (Å²) in [5.74, 6) is -0.598. The summed E-state index contributed by atoms with van der Waals surface area (Å²) in [6.07, 6.45) is 1.96. The topological polar surface area (TPSA) is 116 Å². The zero-order chi connectivity index (χ0) is 26.2. The second kappa shape index (κ2) is 11.9. The number of nitrogens with one attached hydrogen (secondary N) is 1. The Labute approximate surface area is 214 Å². The summed E-state index contributed by atoms with van der Waals surface area (Å²) in [6.45, 7) is 4.02. The Kier molecular flexibility index (Phi) is 8.25. The Balaban J connectivity index is 1.43. The van der Waals surface area contributed by atoms with Gasteiger partial charge in [-0.05, 0) is 54.3 Å². The van der Waals surface area contributed by atoms with Gasteiger partial charge in [-0.3, -0.25) is 19.1 Å². The van der Waals surface area contributed by atoms with Crippen molar-refractivity contribution in [3.8, 4) is 17.3 Å². The number of pyridine rings is 1. The van der Waals surface area contributed by atoms with E-state index >= 15 is 0 Å². The standard InChI is InChI=1S/C28H28N4O5/c1-19(2)16-24(25(33)17-32-26(31-37-28(32)35)23-10-6-7-15-29-23)30-27(34)21-11-13-22(14-12-21)36-18-20-8-4-3-5-9-20/h3-15,19,24H,16-18H2,1-2H3,(H,30,34)/t24-/m0/s1. The molecule has 37 heavy (non-hydrogen) atoms. The highest BCUT2D eigenvalue weighted by Gasteiger charge is 2.25. The Morgan fingerprint density at radius 3 is 2.41 bits per heavy atom. The van der Waals surface area contributed by atoms with Crippen molar-refractivity contribution in [3.05, 3.63) is 101 Å². The van der Waals surface area contributed by atoms with Gasteiger partial charge in [0.25, 0.3) is 5.91 Å². The molecule has 2 aromatic carbocycles. The highest BCUT2D eigenvalue weighted by Crippen LogP contribution is 2.16. The average Bonchev–Trinajstić information content (AvgIpc) is 3.27. The van der Waals surface area contributed by atoms with Gasteiger partial charge in [0.1, 0.15) is 18.1 Å². The predicted molar refractivity (Wildman–Crippen MR) is 137 cm³/mol. The molecule has 0 saturated carbocycles. The van der Waals surface area contributed by atoms with E-state index in [4.69, 9.17) is 9.26 Å². The highest BCUT2D eigenvalue weighted by molar-refractivity contribution is 5.98. The van der Waals surface area contributed by atoms with Crippen LogP contribution in [-0.2, 0) is 17.9 Å². The van der Waals surface area contributed by atoms with Gasteiger partial charge in [0.15, 0.2) is 5.78 Å². The van der Waals surface area contributed by atoms with Gasteiger partial charge >= 0.3 is 5.76 Å². The molecule has 2 heterocycles. The molecule has 1 atom stereocenters. The summed E-state index contributed by atoms with van der Waals surface area (Å²) in [7, 11) is 0. The van der Waals surface area contributed by atoms with E-state index in [-0.39, 0.29) is 24.1 Å². The summed E-state index contributed by atoms with van der Waals surface area (Å²) >= 11 is 0. The van der Waals surface area contributed by atoms with Crippen LogP contribution < -0.4 is 15.8 Å². The Morgan fingerprint density at radius 2 is 1.73 bits per heavy atom. The summed E-state index contributed by atoms with van der Waals surface area (Å²) in [6, 6.07) is 20.8. The number of rotatable bonds is 11. The van der Waals surface area contributed by atoms with E-state index in [2.05, 4.69) is 15.5 Å². The van der Waals surface area contributed by atoms with E-state index in [9.17, 15) is 14.4 Å². The zero-order valence-electron chi connectivity index (χ0n) is 20.7. The van der Waals surface area contributed by atoms with Gasteiger partial charge < -0.3 is 10.1 Å². The maximum absolute atomic E-state index is 13.2. The Morgan fingerprint density at radius 1 is 1.00 bits per heavy atom. The molecule has 9 heteroatoms. The van der Waals surface area contributed by atoms with Crippen LogP contribution in [0.1, 0.15) is 36.2 Å². The van der Waals surface area contributed by atoms with Crippen molar-refractivity contribution in [1.29, 1.82) is 0 Å². The number of aromatic nitrogens is 3.